The average molecular weight is 564 g/mol. The van der Waals surface area contributed by atoms with Gasteiger partial charge in [0.25, 0.3) is 0 Å². The number of carbonyl (C=O) groups excluding carboxylic acids is 1. The van der Waals surface area contributed by atoms with Gasteiger partial charge in [0.15, 0.2) is 5.78 Å². The summed E-state index contributed by atoms with van der Waals surface area (Å²) >= 11 is 0. The van der Waals surface area contributed by atoms with Crippen LogP contribution in [0.4, 0.5) is 0 Å². The molecule has 1 aliphatic carbocycles. The number of hydrogen-bond donors (Lipinski definition) is 0. The summed E-state index contributed by atoms with van der Waals surface area (Å²) in [7, 11) is 0. The Bertz CT molecular complexity index is 1750. The summed E-state index contributed by atoms with van der Waals surface area (Å²) < 4.78 is 4.66. The van der Waals surface area contributed by atoms with Gasteiger partial charge in [-0.15, -0.1) is 0 Å². The third-order valence-electron chi connectivity index (χ3n) is 9.24. The van der Waals surface area contributed by atoms with Crippen molar-refractivity contribution in [2.75, 3.05) is 0 Å². The first-order chi connectivity index (χ1) is 21.2. The molecule has 0 aliphatic heterocycles. The summed E-state index contributed by atoms with van der Waals surface area (Å²) in [5.41, 5.74) is 7.22. The lowest BCUT2D eigenvalue weighted by molar-refractivity contribution is 0.0908. The number of hydrogen-bond acceptors (Lipinski definition) is 2. The fourth-order valence-corrected chi connectivity index (χ4v) is 7.14. The SMILES string of the molecule is CCCCn1cc(C(=O)C2CCc3c(ncn3C(c3ccccc3)(c3ccccc3)c3ccccc3)C2)c2ccccc21. The van der Waals surface area contributed by atoms with Crippen molar-refractivity contribution < 1.29 is 4.79 Å². The molecule has 6 aromatic rings. The molecule has 43 heavy (non-hydrogen) atoms. The van der Waals surface area contributed by atoms with E-state index in [1.54, 1.807) is 0 Å². The van der Waals surface area contributed by atoms with Crippen LogP contribution in [0.15, 0.2) is 128 Å². The van der Waals surface area contributed by atoms with Crippen LogP contribution in [0.3, 0.4) is 0 Å². The molecule has 0 spiro atoms. The first kappa shape index (κ1) is 27.2. The molecular weight excluding hydrogens is 526 g/mol. The molecule has 1 atom stereocenters. The van der Waals surface area contributed by atoms with Crippen LogP contribution in [0.1, 0.15) is 64.6 Å². The summed E-state index contributed by atoms with van der Waals surface area (Å²) in [6.07, 6.45) is 8.60. The van der Waals surface area contributed by atoms with E-state index in [2.05, 4.69) is 131 Å². The van der Waals surface area contributed by atoms with Crippen LogP contribution in [0.5, 0.6) is 0 Å². The Labute approximate surface area is 253 Å². The van der Waals surface area contributed by atoms with Crippen molar-refractivity contribution in [2.24, 2.45) is 5.92 Å². The van der Waals surface area contributed by atoms with Gasteiger partial charge in [-0.1, -0.05) is 123 Å². The van der Waals surface area contributed by atoms with Crippen molar-refractivity contribution in [1.82, 2.24) is 14.1 Å². The molecule has 0 N–H and O–H groups in total. The van der Waals surface area contributed by atoms with Gasteiger partial charge in [0.1, 0.15) is 5.54 Å². The Morgan fingerprint density at radius 2 is 1.40 bits per heavy atom. The maximum Gasteiger partial charge on any atom is 0.168 e. The third-order valence-corrected chi connectivity index (χ3v) is 9.24. The van der Waals surface area contributed by atoms with Gasteiger partial charge in [-0.3, -0.25) is 4.79 Å². The zero-order valence-corrected chi connectivity index (χ0v) is 24.7. The first-order valence-corrected chi connectivity index (χ1v) is 15.6. The molecule has 0 bridgehead atoms. The Morgan fingerprint density at radius 3 is 2.00 bits per heavy atom. The highest BCUT2D eigenvalue weighted by Crippen LogP contribution is 2.43. The van der Waals surface area contributed by atoms with Crippen molar-refractivity contribution in [1.29, 1.82) is 0 Å². The van der Waals surface area contributed by atoms with E-state index in [1.807, 2.05) is 12.4 Å². The molecule has 7 rings (SSSR count). The highest BCUT2D eigenvalue weighted by molar-refractivity contribution is 6.09. The number of aromatic nitrogens is 3. The number of benzene rings is 4. The van der Waals surface area contributed by atoms with Gasteiger partial charge in [0.05, 0.1) is 12.0 Å². The molecule has 0 saturated heterocycles. The number of nitrogens with zero attached hydrogens (tertiary/aromatic N) is 3. The second kappa shape index (κ2) is 11.5. The number of fused-ring (bicyclic) bond motifs is 2. The van der Waals surface area contributed by atoms with E-state index >= 15 is 0 Å². The molecule has 4 aromatic carbocycles. The number of Topliss-reactive ketones (excluding diaryl/α,β-unsaturated/α-hetero) is 1. The van der Waals surface area contributed by atoms with E-state index in [4.69, 9.17) is 4.98 Å². The fraction of sp³-hybridized carbons (Fsp3) is 0.231. The van der Waals surface area contributed by atoms with Gasteiger partial charge >= 0.3 is 0 Å². The van der Waals surface area contributed by atoms with Crippen molar-refractivity contribution in [3.8, 4) is 0 Å². The van der Waals surface area contributed by atoms with Crippen LogP contribution < -0.4 is 0 Å². The Balaban J connectivity index is 1.31. The Kier molecular flexibility index (Phi) is 7.28. The summed E-state index contributed by atoms with van der Waals surface area (Å²) in [5.74, 6) is 0.160. The molecule has 4 nitrogen and oxygen atoms in total. The van der Waals surface area contributed by atoms with Gasteiger partial charge in [-0.2, -0.15) is 0 Å². The number of carbonyl (C=O) groups is 1. The minimum Gasteiger partial charge on any atom is -0.347 e. The number of unbranched alkanes of at least 4 members (excludes halogenated alkanes) is 1. The predicted molar refractivity (Wildman–Crippen MR) is 174 cm³/mol. The Hall–Kier alpha value is -4.70. The Morgan fingerprint density at radius 1 is 0.814 bits per heavy atom. The maximum absolute atomic E-state index is 14.1. The minimum atomic E-state index is -0.589. The van der Waals surface area contributed by atoms with Crippen LogP contribution in [-0.4, -0.2) is 19.9 Å². The molecule has 2 aromatic heterocycles. The smallest absolute Gasteiger partial charge is 0.168 e. The lowest BCUT2D eigenvalue weighted by Crippen LogP contribution is -2.39. The maximum atomic E-state index is 14.1. The average Bonchev–Trinajstić information content (AvgIpc) is 3.67. The molecule has 0 radical (unpaired) electrons. The van der Waals surface area contributed by atoms with Crippen LogP contribution >= 0.6 is 0 Å². The standard InChI is InChI=1S/C39H37N3O/c1-2-3-25-41-27-34(33-21-13-14-22-36(33)41)38(43)29-23-24-37-35(26-29)40-28-42(37)39(30-15-7-4-8-16-30,31-17-9-5-10-18-31)32-19-11-6-12-20-32/h4-22,27-29H,2-3,23-26H2,1H3. The van der Waals surface area contributed by atoms with Crippen molar-refractivity contribution >= 4 is 16.7 Å². The molecule has 0 saturated carbocycles. The highest BCUT2D eigenvalue weighted by atomic mass is 16.1. The summed E-state index contributed by atoms with van der Waals surface area (Å²) in [6, 6.07) is 40.6. The van der Waals surface area contributed by atoms with Crippen molar-refractivity contribution in [2.45, 2.75) is 51.1 Å². The van der Waals surface area contributed by atoms with Crippen LogP contribution in [0.2, 0.25) is 0 Å². The molecule has 4 heteroatoms. The van der Waals surface area contributed by atoms with E-state index in [0.29, 0.717) is 6.42 Å². The van der Waals surface area contributed by atoms with Gasteiger partial charge in [0, 0.05) is 47.2 Å². The lowest BCUT2D eigenvalue weighted by atomic mass is 9.76. The minimum absolute atomic E-state index is 0.0825. The largest absolute Gasteiger partial charge is 0.347 e. The van der Waals surface area contributed by atoms with Crippen molar-refractivity contribution in [3.63, 3.8) is 0 Å². The van der Waals surface area contributed by atoms with E-state index < -0.39 is 5.54 Å². The van der Waals surface area contributed by atoms with Crippen LogP contribution in [0, 0.1) is 5.92 Å². The molecule has 2 heterocycles. The number of para-hydroxylation sites is 1. The van der Waals surface area contributed by atoms with Gasteiger partial charge in [-0.25, -0.2) is 4.98 Å². The van der Waals surface area contributed by atoms with Crippen molar-refractivity contribution in [3.05, 3.63) is 161 Å². The topological polar surface area (TPSA) is 39.8 Å². The molecule has 1 aliphatic rings. The number of aryl methyl sites for hydroxylation is 1. The molecular formula is C39H37N3O. The normalized spacial score (nSPS) is 15.0. The van der Waals surface area contributed by atoms with E-state index in [9.17, 15) is 4.79 Å². The summed E-state index contributed by atoms with van der Waals surface area (Å²) in [5, 5.41) is 1.07. The summed E-state index contributed by atoms with van der Waals surface area (Å²) in [6.45, 7) is 3.14. The van der Waals surface area contributed by atoms with E-state index in [-0.39, 0.29) is 11.7 Å². The molecule has 0 fully saturated rings. The second-order valence-corrected chi connectivity index (χ2v) is 11.7. The zero-order chi connectivity index (χ0) is 29.2. The van der Waals surface area contributed by atoms with Crippen LogP contribution in [0.25, 0.3) is 10.9 Å². The number of rotatable bonds is 9. The highest BCUT2D eigenvalue weighted by Gasteiger charge is 2.41. The molecule has 0 amide bonds. The van der Waals surface area contributed by atoms with Crippen LogP contribution in [-0.2, 0) is 24.9 Å². The first-order valence-electron chi connectivity index (χ1n) is 15.6. The second-order valence-electron chi connectivity index (χ2n) is 11.7. The lowest BCUT2D eigenvalue weighted by Gasteiger charge is -2.39. The fourth-order valence-electron chi connectivity index (χ4n) is 7.14. The summed E-state index contributed by atoms with van der Waals surface area (Å²) in [4.78, 5) is 19.2. The molecule has 214 valence electrons. The quantitative estimate of drug-likeness (QED) is 0.131. The monoisotopic (exact) mass is 563 g/mol. The van der Waals surface area contributed by atoms with Gasteiger partial charge < -0.3 is 9.13 Å². The zero-order valence-electron chi connectivity index (χ0n) is 24.7. The van der Waals surface area contributed by atoms with E-state index in [0.717, 1.165) is 54.4 Å². The van der Waals surface area contributed by atoms with E-state index in [1.165, 1.54) is 22.4 Å². The molecule has 1 unspecified atom stereocenters. The third kappa shape index (κ3) is 4.62. The van der Waals surface area contributed by atoms with Gasteiger partial charge in [0.2, 0.25) is 0 Å². The number of ketones is 1. The van der Waals surface area contributed by atoms with Gasteiger partial charge in [-0.05, 0) is 42.0 Å². The predicted octanol–water partition coefficient (Wildman–Crippen LogP) is 8.47. The number of imidazole rings is 1.